The quantitative estimate of drug-likeness (QED) is 0.600. The largest absolute Gasteiger partial charge is 0.478 e. The molecule has 3 N–H and O–H groups in total. The summed E-state index contributed by atoms with van der Waals surface area (Å²) in [7, 11) is 0. The van der Waals surface area contributed by atoms with Crippen molar-refractivity contribution in [1.29, 1.82) is 5.26 Å². The second kappa shape index (κ2) is 7.33. The highest BCUT2D eigenvalue weighted by atomic mass is 127. The zero-order valence-corrected chi connectivity index (χ0v) is 13.9. The average molecular weight is 387 g/mol. The molecule has 0 fully saturated rings. The van der Waals surface area contributed by atoms with Crippen molar-refractivity contribution in [2.24, 2.45) is 0 Å². The number of carbonyl (C=O) groups excluding carboxylic acids is 1. The van der Waals surface area contributed by atoms with Gasteiger partial charge in [0.1, 0.15) is 0 Å². The minimum atomic E-state index is -0.646. The molecule has 2 unspecified atom stereocenters. The second-order valence-electron chi connectivity index (χ2n) is 4.57. The number of nitrogens with two attached hydrogens (primary N) is 1. The van der Waals surface area contributed by atoms with E-state index in [4.69, 9.17) is 15.7 Å². The van der Waals surface area contributed by atoms with E-state index in [-0.39, 0.29) is 11.9 Å². The van der Waals surface area contributed by atoms with Gasteiger partial charge >= 0.3 is 0 Å². The predicted molar refractivity (Wildman–Crippen MR) is 86.3 cm³/mol. The van der Waals surface area contributed by atoms with Crippen LogP contribution in [-0.2, 0) is 4.79 Å². The van der Waals surface area contributed by atoms with Crippen molar-refractivity contribution >= 4 is 34.2 Å². The van der Waals surface area contributed by atoms with Gasteiger partial charge in [0.2, 0.25) is 0 Å². The van der Waals surface area contributed by atoms with Crippen LogP contribution in [0.25, 0.3) is 0 Å². The summed E-state index contributed by atoms with van der Waals surface area (Å²) in [6.45, 7) is 5.61. The summed E-state index contributed by atoms with van der Waals surface area (Å²) in [5, 5.41) is 11.7. The Labute approximate surface area is 132 Å². The van der Waals surface area contributed by atoms with Gasteiger partial charge in [0.05, 0.1) is 20.9 Å². The Hall–Kier alpha value is -1.49. The molecule has 2 atom stereocenters. The third-order valence-electron chi connectivity index (χ3n) is 2.87. The molecule has 5 nitrogen and oxygen atoms in total. The molecule has 0 aromatic heterocycles. The van der Waals surface area contributed by atoms with Crippen molar-refractivity contribution in [3.05, 3.63) is 21.3 Å². The number of nitrogens with one attached hydrogen (secondary N) is 1. The number of amides is 1. The number of nitrogen functional groups attached to an aromatic ring is 1. The SMILES string of the molecule is CCC(C)NC(=O)C(C)Oc1c(N)cc(C#N)cc1I. The van der Waals surface area contributed by atoms with E-state index in [2.05, 4.69) is 5.32 Å². The highest BCUT2D eigenvalue weighted by Gasteiger charge is 2.19. The molecule has 0 spiro atoms. The molecule has 0 radical (unpaired) electrons. The van der Waals surface area contributed by atoms with Crippen LogP contribution in [0.3, 0.4) is 0 Å². The molecule has 0 saturated heterocycles. The van der Waals surface area contributed by atoms with E-state index in [1.165, 1.54) is 6.07 Å². The first kappa shape index (κ1) is 16.6. The van der Waals surface area contributed by atoms with E-state index < -0.39 is 6.10 Å². The van der Waals surface area contributed by atoms with Crippen LogP contribution in [0.4, 0.5) is 5.69 Å². The van der Waals surface area contributed by atoms with Gasteiger partial charge in [-0.05, 0) is 55.0 Å². The number of carbonyl (C=O) groups is 1. The van der Waals surface area contributed by atoms with Gasteiger partial charge in [-0.25, -0.2) is 0 Å². The molecule has 0 aliphatic carbocycles. The van der Waals surface area contributed by atoms with Crippen molar-refractivity contribution in [1.82, 2.24) is 5.32 Å². The fourth-order valence-electron chi connectivity index (χ4n) is 1.50. The smallest absolute Gasteiger partial charge is 0.260 e. The fraction of sp³-hybridized carbons (Fsp3) is 0.429. The third-order valence-corrected chi connectivity index (χ3v) is 3.67. The molecule has 1 aromatic rings. The zero-order chi connectivity index (χ0) is 15.3. The summed E-state index contributed by atoms with van der Waals surface area (Å²) in [5.74, 6) is 0.260. The normalized spacial score (nSPS) is 13.2. The lowest BCUT2D eigenvalue weighted by Crippen LogP contribution is -2.41. The first-order valence-electron chi connectivity index (χ1n) is 6.35. The van der Waals surface area contributed by atoms with Crippen molar-refractivity contribution in [2.75, 3.05) is 5.73 Å². The molecule has 1 amide bonds. The summed E-state index contributed by atoms with van der Waals surface area (Å²) < 4.78 is 6.34. The Morgan fingerprint density at radius 1 is 1.55 bits per heavy atom. The maximum absolute atomic E-state index is 11.9. The number of anilines is 1. The molecular weight excluding hydrogens is 369 g/mol. The van der Waals surface area contributed by atoms with E-state index in [1.54, 1.807) is 13.0 Å². The molecule has 1 aromatic carbocycles. The van der Waals surface area contributed by atoms with Gasteiger partial charge in [0, 0.05) is 6.04 Å². The average Bonchev–Trinajstić information content (AvgIpc) is 2.41. The second-order valence-corrected chi connectivity index (χ2v) is 5.73. The molecular formula is C14H18IN3O2. The lowest BCUT2D eigenvalue weighted by atomic mass is 10.2. The predicted octanol–water partition coefficient (Wildman–Crippen LogP) is 2.43. The maximum atomic E-state index is 11.9. The minimum absolute atomic E-state index is 0.103. The van der Waals surface area contributed by atoms with Gasteiger partial charge in [-0.15, -0.1) is 0 Å². The number of rotatable bonds is 5. The van der Waals surface area contributed by atoms with Crippen molar-refractivity contribution in [3.63, 3.8) is 0 Å². The minimum Gasteiger partial charge on any atom is -0.478 e. The molecule has 0 aliphatic rings. The van der Waals surface area contributed by atoms with Crippen LogP contribution in [0.15, 0.2) is 12.1 Å². The molecule has 20 heavy (non-hydrogen) atoms. The number of nitrogens with zero attached hydrogens (tertiary/aromatic N) is 1. The molecule has 0 bridgehead atoms. The van der Waals surface area contributed by atoms with Gasteiger partial charge in [-0.2, -0.15) is 5.26 Å². The van der Waals surface area contributed by atoms with Crippen LogP contribution < -0.4 is 15.8 Å². The van der Waals surface area contributed by atoms with E-state index >= 15 is 0 Å². The van der Waals surface area contributed by atoms with E-state index in [0.717, 1.165) is 6.42 Å². The van der Waals surface area contributed by atoms with Crippen LogP contribution in [0, 0.1) is 14.9 Å². The number of benzene rings is 1. The summed E-state index contributed by atoms with van der Waals surface area (Å²) >= 11 is 2.04. The topological polar surface area (TPSA) is 88.1 Å². The Kier molecular flexibility index (Phi) is 6.07. The lowest BCUT2D eigenvalue weighted by Gasteiger charge is -2.19. The monoisotopic (exact) mass is 387 g/mol. The molecule has 0 aliphatic heterocycles. The van der Waals surface area contributed by atoms with E-state index in [1.807, 2.05) is 42.5 Å². The summed E-state index contributed by atoms with van der Waals surface area (Å²) in [4.78, 5) is 11.9. The number of hydrogen-bond acceptors (Lipinski definition) is 4. The third kappa shape index (κ3) is 4.27. The number of hydrogen-bond donors (Lipinski definition) is 2. The van der Waals surface area contributed by atoms with Gasteiger partial charge in [0.25, 0.3) is 5.91 Å². The molecule has 1 rings (SSSR count). The molecule has 108 valence electrons. The molecule has 0 heterocycles. The van der Waals surface area contributed by atoms with Crippen LogP contribution in [0.5, 0.6) is 5.75 Å². The standard InChI is InChI=1S/C14H18IN3O2/c1-4-8(2)18-14(19)9(3)20-13-11(15)5-10(7-16)6-12(13)17/h5-6,8-9H,4,17H2,1-3H3,(H,18,19). The van der Waals surface area contributed by atoms with Crippen LogP contribution in [0.1, 0.15) is 32.8 Å². The lowest BCUT2D eigenvalue weighted by molar-refractivity contribution is -0.127. The Morgan fingerprint density at radius 3 is 2.70 bits per heavy atom. The first-order chi connectivity index (χ1) is 9.38. The van der Waals surface area contributed by atoms with E-state index in [9.17, 15) is 4.79 Å². The Balaban J connectivity index is 2.83. The fourth-order valence-corrected chi connectivity index (χ4v) is 2.27. The van der Waals surface area contributed by atoms with Crippen molar-refractivity contribution < 1.29 is 9.53 Å². The summed E-state index contributed by atoms with van der Waals surface area (Å²) in [5.41, 5.74) is 6.69. The Morgan fingerprint density at radius 2 is 2.20 bits per heavy atom. The van der Waals surface area contributed by atoms with Gasteiger partial charge in [-0.3, -0.25) is 4.79 Å². The summed E-state index contributed by atoms with van der Waals surface area (Å²) in [6.07, 6.45) is 0.211. The molecule has 6 heteroatoms. The van der Waals surface area contributed by atoms with Crippen molar-refractivity contribution in [2.45, 2.75) is 39.3 Å². The molecule has 0 saturated carbocycles. The van der Waals surface area contributed by atoms with Crippen LogP contribution in [-0.4, -0.2) is 18.1 Å². The highest BCUT2D eigenvalue weighted by Crippen LogP contribution is 2.30. The van der Waals surface area contributed by atoms with Crippen LogP contribution in [0.2, 0.25) is 0 Å². The number of nitriles is 1. The van der Waals surface area contributed by atoms with Gasteiger partial charge in [0.15, 0.2) is 11.9 Å². The first-order valence-corrected chi connectivity index (χ1v) is 7.43. The highest BCUT2D eigenvalue weighted by molar-refractivity contribution is 14.1. The van der Waals surface area contributed by atoms with Crippen molar-refractivity contribution in [3.8, 4) is 11.8 Å². The van der Waals surface area contributed by atoms with E-state index in [0.29, 0.717) is 20.6 Å². The van der Waals surface area contributed by atoms with Gasteiger partial charge < -0.3 is 15.8 Å². The maximum Gasteiger partial charge on any atom is 0.260 e. The zero-order valence-electron chi connectivity index (χ0n) is 11.7. The summed E-state index contributed by atoms with van der Waals surface area (Å²) in [6, 6.07) is 5.34. The van der Waals surface area contributed by atoms with Gasteiger partial charge in [-0.1, -0.05) is 6.92 Å². The number of ether oxygens (including phenoxy) is 1. The number of halogens is 1. The Bertz CT molecular complexity index is 517. The van der Waals surface area contributed by atoms with Crippen LogP contribution >= 0.6 is 22.6 Å².